The van der Waals surface area contributed by atoms with E-state index < -0.39 is 41.1 Å². The van der Waals surface area contributed by atoms with Gasteiger partial charge in [-0.2, -0.15) is 13.2 Å². The van der Waals surface area contributed by atoms with Crippen LogP contribution < -0.4 is 0 Å². The summed E-state index contributed by atoms with van der Waals surface area (Å²) in [7, 11) is 0. The molecule has 1 fully saturated rings. The van der Waals surface area contributed by atoms with E-state index in [-0.39, 0.29) is 17.2 Å². The molecule has 1 nitrogen and oxygen atoms in total. The molecular weight excluding hydrogens is 473 g/mol. The van der Waals surface area contributed by atoms with Gasteiger partial charge in [0.05, 0.1) is 17.7 Å². The third-order valence-electron chi connectivity index (χ3n) is 5.97. The van der Waals surface area contributed by atoms with E-state index in [0.717, 1.165) is 24.0 Å². The average Bonchev–Trinajstić information content (AvgIpc) is 2.78. The predicted octanol–water partition coefficient (Wildman–Crippen LogP) is 8.80. The Morgan fingerprint density at radius 1 is 0.829 bits per heavy atom. The Kier molecular flexibility index (Phi) is 7.03. The van der Waals surface area contributed by atoms with E-state index in [0.29, 0.717) is 30.2 Å². The second-order valence-electron chi connectivity index (χ2n) is 8.67. The van der Waals surface area contributed by atoms with Gasteiger partial charge in [-0.15, -0.1) is 0 Å². The fourth-order valence-electron chi connectivity index (χ4n) is 4.14. The number of hydrogen-bond acceptors (Lipinski definition) is 1. The number of halogens is 7. The highest BCUT2D eigenvalue weighted by Gasteiger charge is 2.28. The fourth-order valence-corrected chi connectivity index (χ4v) is 4.14. The van der Waals surface area contributed by atoms with E-state index in [2.05, 4.69) is 6.92 Å². The molecule has 4 rings (SSSR count). The summed E-state index contributed by atoms with van der Waals surface area (Å²) >= 11 is 0. The molecule has 8 heteroatoms. The maximum Gasteiger partial charge on any atom is 0.412 e. The smallest absolute Gasteiger partial charge is 0.373 e. The molecule has 0 aliphatic carbocycles. The number of ether oxygens (including phenoxy) is 1. The molecule has 0 bridgehead atoms. The third kappa shape index (κ3) is 5.75. The molecule has 184 valence electrons. The Labute approximate surface area is 197 Å². The maximum atomic E-state index is 14.9. The van der Waals surface area contributed by atoms with Crippen molar-refractivity contribution in [2.75, 3.05) is 6.61 Å². The highest BCUT2D eigenvalue weighted by molar-refractivity contribution is 5.73. The topological polar surface area (TPSA) is 9.23 Å². The molecule has 2 atom stereocenters. The molecule has 3 aromatic carbocycles. The Morgan fingerprint density at radius 2 is 1.43 bits per heavy atom. The monoisotopic (exact) mass is 494 g/mol. The van der Waals surface area contributed by atoms with Crippen molar-refractivity contribution in [3.05, 3.63) is 89.3 Å². The van der Waals surface area contributed by atoms with Crippen molar-refractivity contribution < 1.29 is 35.5 Å². The molecule has 0 radical (unpaired) electrons. The van der Waals surface area contributed by atoms with Crippen LogP contribution >= 0.6 is 0 Å². The first-order chi connectivity index (χ1) is 16.5. The number of benzene rings is 3. The van der Waals surface area contributed by atoms with Crippen LogP contribution in [0, 0.1) is 23.4 Å². The summed E-state index contributed by atoms with van der Waals surface area (Å²) in [6.07, 6.45) is -3.92. The molecule has 1 heterocycles. The van der Waals surface area contributed by atoms with Gasteiger partial charge in [0.2, 0.25) is 0 Å². The minimum Gasteiger partial charge on any atom is -0.373 e. The highest BCUT2D eigenvalue weighted by atomic mass is 19.4. The molecule has 1 aliphatic rings. The first-order valence-electron chi connectivity index (χ1n) is 11.0. The van der Waals surface area contributed by atoms with Crippen molar-refractivity contribution in [2.24, 2.45) is 5.92 Å². The second-order valence-corrected chi connectivity index (χ2v) is 8.67. The van der Waals surface area contributed by atoms with Crippen molar-refractivity contribution in [3.8, 4) is 22.3 Å². The molecule has 1 aliphatic heterocycles. The van der Waals surface area contributed by atoms with Gasteiger partial charge in [-0.1, -0.05) is 43.3 Å². The van der Waals surface area contributed by atoms with Crippen molar-refractivity contribution in [2.45, 2.75) is 32.0 Å². The van der Waals surface area contributed by atoms with Crippen LogP contribution in [0.3, 0.4) is 0 Å². The molecule has 2 unspecified atom stereocenters. The molecule has 35 heavy (non-hydrogen) atoms. The number of rotatable bonds is 4. The molecule has 0 spiro atoms. The van der Waals surface area contributed by atoms with Gasteiger partial charge >= 0.3 is 6.18 Å². The van der Waals surface area contributed by atoms with Crippen molar-refractivity contribution in [1.29, 1.82) is 0 Å². The van der Waals surface area contributed by atoms with Gasteiger partial charge in [0, 0.05) is 12.2 Å². The first-order valence-corrected chi connectivity index (χ1v) is 11.0. The zero-order valence-electron chi connectivity index (χ0n) is 18.6. The average molecular weight is 494 g/mol. The lowest BCUT2D eigenvalue weighted by molar-refractivity contribution is -0.0798. The van der Waals surface area contributed by atoms with E-state index in [9.17, 15) is 30.7 Å². The lowest BCUT2D eigenvalue weighted by atomic mass is 9.94. The first kappa shape index (κ1) is 25.0. The Hall–Kier alpha value is -3.13. The van der Waals surface area contributed by atoms with Crippen LogP contribution in [0.2, 0.25) is 0 Å². The largest absolute Gasteiger partial charge is 0.412 e. The molecule has 0 aromatic heterocycles. The normalized spacial score (nSPS) is 19.1. The predicted molar refractivity (Wildman–Crippen MR) is 119 cm³/mol. The Morgan fingerprint density at radius 3 is 1.97 bits per heavy atom. The minimum absolute atomic E-state index is 0.0166. The van der Waals surface area contributed by atoms with Gasteiger partial charge in [0.1, 0.15) is 23.3 Å². The van der Waals surface area contributed by atoms with Crippen LogP contribution in [0.1, 0.15) is 37.0 Å². The lowest BCUT2D eigenvalue weighted by Crippen LogP contribution is -2.18. The maximum absolute atomic E-state index is 14.9. The summed E-state index contributed by atoms with van der Waals surface area (Å²) in [4.78, 5) is 0. The van der Waals surface area contributed by atoms with Crippen LogP contribution in [0.15, 0.2) is 60.7 Å². The van der Waals surface area contributed by atoms with Gasteiger partial charge in [-0.25, -0.2) is 17.6 Å². The molecule has 0 saturated carbocycles. The molecular formula is C27H21F7O. The van der Waals surface area contributed by atoms with Gasteiger partial charge in [-0.05, 0) is 59.2 Å². The van der Waals surface area contributed by atoms with E-state index >= 15 is 0 Å². The number of hydrogen-bond donors (Lipinski definition) is 0. The van der Waals surface area contributed by atoms with Crippen LogP contribution in [0.5, 0.6) is 0 Å². The van der Waals surface area contributed by atoms with E-state index in [4.69, 9.17) is 4.74 Å². The van der Waals surface area contributed by atoms with Gasteiger partial charge in [0.15, 0.2) is 0 Å². The van der Waals surface area contributed by atoms with E-state index in [1.807, 2.05) is 24.3 Å². The van der Waals surface area contributed by atoms with E-state index in [1.165, 1.54) is 12.1 Å². The van der Waals surface area contributed by atoms with Crippen LogP contribution in [-0.4, -0.2) is 12.8 Å². The third-order valence-corrected chi connectivity index (χ3v) is 5.97. The SMILES string of the molecule is CC1CCC(c2ccc(-c3ccc(-c4cc(F)c(/C(F)=C/C(F)(F)F)c(F)c4)c(F)c3)cc2)OC1. The Balaban J connectivity index is 1.58. The fraction of sp³-hybridized carbons (Fsp3) is 0.259. The van der Waals surface area contributed by atoms with Crippen molar-refractivity contribution in [3.63, 3.8) is 0 Å². The molecule has 3 aromatic rings. The van der Waals surface area contributed by atoms with Gasteiger partial charge in [0.25, 0.3) is 0 Å². The summed E-state index contributed by atoms with van der Waals surface area (Å²) in [5.41, 5.74) is 0.351. The number of alkyl halides is 3. The molecule has 0 N–H and O–H groups in total. The number of allylic oxidation sites excluding steroid dienone is 1. The molecule has 1 saturated heterocycles. The summed E-state index contributed by atoms with van der Waals surface area (Å²) in [6, 6.07) is 12.7. The summed E-state index contributed by atoms with van der Waals surface area (Å²) < 4.78 is 100. The quantitative estimate of drug-likeness (QED) is 0.329. The van der Waals surface area contributed by atoms with Crippen LogP contribution in [0.4, 0.5) is 30.7 Å². The van der Waals surface area contributed by atoms with Crippen LogP contribution in [-0.2, 0) is 4.74 Å². The zero-order chi connectivity index (χ0) is 25.3. The second kappa shape index (κ2) is 9.85. The van der Waals surface area contributed by atoms with Crippen molar-refractivity contribution >= 4 is 5.83 Å². The Bertz CT molecular complexity index is 1210. The molecule has 0 amide bonds. The summed E-state index contributed by atoms with van der Waals surface area (Å²) in [6.45, 7) is 2.84. The minimum atomic E-state index is -5.09. The van der Waals surface area contributed by atoms with Gasteiger partial charge < -0.3 is 4.74 Å². The highest BCUT2D eigenvalue weighted by Crippen LogP contribution is 2.35. The standard InChI is InChI=1S/C27H21F7O/c1-15-2-9-25(35-14-15)17-5-3-16(4-6-17)18-7-8-20(21(28)10-18)19-11-22(29)26(23(30)12-19)24(31)13-27(32,33)34/h3-8,10-13,15,25H,2,9,14H2,1H3/b24-13-. The summed E-state index contributed by atoms with van der Waals surface area (Å²) in [5.74, 6) is -5.52. The lowest BCUT2D eigenvalue weighted by Gasteiger charge is -2.27. The van der Waals surface area contributed by atoms with Gasteiger partial charge in [-0.3, -0.25) is 0 Å². The summed E-state index contributed by atoms with van der Waals surface area (Å²) in [5, 5.41) is 0. The van der Waals surface area contributed by atoms with Crippen LogP contribution in [0.25, 0.3) is 28.1 Å². The zero-order valence-corrected chi connectivity index (χ0v) is 18.6. The van der Waals surface area contributed by atoms with Crippen molar-refractivity contribution in [1.82, 2.24) is 0 Å². The van der Waals surface area contributed by atoms with E-state index in [1.54, 1.807) is 6.07 Å².